The van der Waals surface area contributed by atoms with Crippen LogP contribution in [0.1, 0.15) is 17.7 Å². The Morgan fingerprint density at radius 3 is 1.98 bits per heavy atom. The Balaban J connectivity index is 1.08. The van der Waals surface area contributed by atoms with E-state index in [1.54, 1.807) is 0 Å². The molecule has 4 heteroatoms. The van der Waals surface area contributed by atoms with Gasteiger partial charge in [-0.15, -0.1) is 0 Å². The minimum Gasteiger partial charge on any atom is -0.309 e. The zero-order valence-corrected chi connectivity index (χ0v) is 29.8. The van der Waals surface area contributed by atoms with Gasteiger partial charge in [0.1, 0.15) is 0 Å². The van der Waals surface area contributed by atoms with Crippen LogP contribution in [-0.4, -0.2) is 19.1 Å². The van der Waals surface area contributed by atoms with Crippen LogP contribution in [0.15, 0.2) is 170 Å². The fourth-order valence-corrected chi connectivity index (χ4v) is 8.21. The van der Waals surface area contributed by atoms with Crippen molar-refractivity contribution in [3.63, 3.8) is 0 Å². The lowest BCUT2D eigenvalue weighted by atomic mass is 9.99. The zero-order valence-electron chi connectivity index (χ0n) is 29.8. The predicted octanol–water partition coefficient (Wildman–Crippen LogP) is 12.7. The molecule has 0 spiro atoms. The smallest absolute Gasteiger partial charge is 0.160 e. The third kappa shape index (κ3) is 5.10. The molecular formula is C51H32N4. The third-order valence-electron chi connectivity index (χ3n) is 10.8. The van der Waals surface area contributed by atoms with Crippen molar-refractivity contribution in [1.29, 1.82) is 0 Å². The second-order valence-electron chi connectivity index (χ2n) is 14.0. The summed E-state index contributed by atoms with van der Waals surface area (Å²) >= 11 is 0. The van der Waals surface area contributed by atoms with E-state index < -0.39 is 0 Å². The molecule has 3 aromatic heterocycles. The van der Waals surface area contributed by atoms with E-state index in [-0.39, 0.29) is 0 Å². The summed E-state index contributed by atoms with van der Waals surface area (Å²) in [5.74, 6) is 0.681. The molecule has 1 aliphatic carbocycles. The van der Waals surface area contributed by atoms with E-state index in [0.29, 0.717) is 5.82 Å². The number of benzene rings is 6. The molecule has 55 heavy (non-hydrogen) atoms. The number of hydrogen-bond acceptors (Lipinski definition) is 2. The van der Waals surface area contributed by atoms with E-state index in [4.69, 9.17) is 9.97 Å². The second-order valence-corrected chi connectivity index (χ2v) is 14.0. The molecule has 0 amide bonds. The molecule has 0 saturated carbocycles. The van der Waals surface area contributed by atoms with Gasteiger partial charge in [-0.05, 0) is 84.3 Å². The number of rotatable bonds is 5. The molecule has 256 valence electrons. The Kier molecular flexibility index (Phi) is 7.11. The van der Waals surface area contributed by atoms with Crippen molar-refractivity contribution in [2.45, 2.75) is 6.42 Å². The molecule has 10 aromatic rings. The van der Waals surface area contributed by atoms with Crippen molar-refractivity contribution < 1.29 is 0 Å². The Hall–Kier alpha value is -7.48. The molecule has 0 atom stereocenters. The van der Waals surface area contributed by atoms with Crippen LogP contribution < -0.4 is 0 Å². The Morgan fingerprint density at radius 2 is 1.16 bits per heavy atom. The van der Waals surface area contributed by atoms with Gasteiger partial charge < -0.3 is 9.13 Å². The summed E-state index contributed by atoms with van der Waals surface area (Å²) in [6.45, 7) is 0. The molecular weight excluding hydrogens is 669 g/mol. The van der Waals surface area contributed by atoms with Crippen LogP contribution in [0, 0.1) is 12.1 Å². The highest BCUT2D eigenvalue weighted by Gasteiger charge is 2.18. The highest BCUT2D eigenvalue weighted by Crippen LogP contribution is 2.38. The first-order chi connectivity index (χ1) is 27.3. The van der Waals surface area contributed by atoms with Crippen molar-refractivity contribution in [2.24, 2.45) is 0 Å². The van der Waals surface area contributed by atoms with Crippen molar-refractivity contribution in [1.82, 2.24) is 19.1 Å². The first-order valence-corrected chi connectivity index (χ1v) is 18.7. The van der Waals surface area contributed by atoms with E-state index in [1.165, 1.54) is 32.8 Å². The fourth-order valence-electron chi connectivity index (χ4n) is 8.21. The Labute approximate surface area is 318 Å². The van der Waals surface area contributed by atoms with Crippen LogP contribution in [0.2, 0.25) is 0 Å². The van der Waals surface area contributed by atoms with Gasteiger partial charge in [-0.3, -0.25) is 0 Å². The first kappa shape index (κ1) is 31.1. The summed E-state index contributed by atoms with van der Waals surface area (Å²) in [6.07, 6.45) is 9.80. The highest BCUT2D eigenvalue weighted by molar-refractivity contribution is 6.10. The minimum atomic E-state index is 0.681. The van der Waals surface area contributed by atoms with Gasteiger partial charge in [0.15, 0.2) is 5.82 Å². The van der Waals surface area contributed by atoms with E-state index >= 15 is 0 Å². The molecule has 0 N–H and O–H groups in total. The molecule has 1 aliphatic rings. The van der Waals surface area contributed by atoms with Crippen molar-refractivity contribution in [3.8, 4) is 45.1 Å². The largest absolute Gasteiger partial charge is 0.309 e. The lowest BCUT2D eigenvalue weighted by Crippen LogP contribution is -1.98. The SMILES string of the molecule is c1c(-c2nc(-c3ccccc3)nc3ccc(-c4ccc5c6ccccc6n(-c6ccccc6)c5c4)cc23)ccc(-n2c3c(c4ccccc42)C=CCC=C3)c#1. The number of hydrogen-bond donors (Lipinski definition) is 0. The fraction of sp³-hybridized carbons (Fsp3) is 0.0196. The van der Waals surface area contributed by atoms with Gasteiger partial charge >= 0.3 is 0 Å². The number of para-hydroxylation sites is 3. The summed E-state index contributed by atoms with van der Waals surface area (Å²) in [7, 11) is 0. The number of allylic oxidation sites excluding steroid dienone is 2. The minimum absolute atomic E-state index is 0.681. The van der Waals surface area contributed by atoms with E-state index in [9.17, 15) is 0 Å². The van der Waals surface area contributed by atoms with E-state index in [0.717, 1.165) is 67.9 Å². The zero-order chi connectivity index (χ0) is 36.3. The van der Waals surface area contributed by atoms with Crippen LogP contribution in [0.3, 0.4) is 0 Å². The van der Waals surface area contributed by atoms with Gasteiger partial charge in [-0.2, -0.15) is 0 Å². The Bertz CT molecular complexity index is 3150. The maximum absolute atomic E-state index is 5.24. The second kappa shape index (κ2) is 12.6. The molecule has 0 radical (unpaired) electrons. The lowest BCUT2D eigenvalue weighted by molar-refractivity contribution is 1.11. The van der Waals surface area contributed by atoms with Crippen molar-refractivity contribution in [3.05, 3.63) is 193 Å². The third-order valence-corrected chi connectivity index (χ3v) is 10.8. The topological polar surface area (TPSA) is 35.6 Å². The van der Waals surface area contributed by atoms with E-state index in [2.05, 4.69) is 185 Å². The monoisotopic (exact) mass is 700 g/mol. The van der Waals surface area contributed by atoms with Gasteiger partial charge in [-0.25, -0.2) is 9.97 Å². The maximum atomic E-state index is 5.24. The van der Waals surface area contributed by atoms with Crippen LogP contribution in [0.25, 0.3) is 101 Å². The molecule has 0 unspecified atom stereocenters. The standard InChI is InChI=1S/C51H32N4/c1-4-14-35(15-5-1)51-52-45-31-27-36(37-26-30-43-42-20-11-13-23-48(42)55(49(43)33-37)38-16-6-2-7-17-38)32-44(45)50(53-51)34-24-28-39(29-25-34)54-46-21-9-3-8-18-40(46)41-19-10-12-22-47(41)54/h1-2,4-24,26-28,30-33H,3H2. The van der Waals surface area contributed by atoms with Gasteiger partial charge in [0.25, 0.3) is 0 Å². The van der Waals surface area contributed by atoms with E-state index in [1.807, 2.05) is 18.2 Å². The van der Waals surface area contributed by atoms with Gasteiger partial charge in [0.2, 0.25) is 0 Å². The number of aromatic nitrogens is 4. The number of nitrogens with zero attached hydrogens (tertiary/aromatic N) is 4. The van der Waals surface area contributed by atoms with Gasteiger partial charge in [0, 0.05) is 38.4 Å². The molecule has 4 nitrogen and oxygen atoms in total. The predicted molar refractivity (Wildman–Crippen MR) is 227 cm³/mol. The average molecular weight is 701 g/mol. The summed E-state index contributed by atoms with van der Waals surface area (Å²) in [4.78, 5) is 10.3. The summed E-state index contributed by atoms with van der Waals surface area (Å²) in [5, 5.41) is 4.65. The molecule has 0 bridgehead atoms. The lowest BCUT2D eigenvalue weighted by Gasteiger charge is -2.12. The molecule has 0 fully saturated rings. The van der Waals surface area contributed by atoms with Crippen LogP contribution >= 0.6 is 0 Å². The molecule has 0 saturated heterocycles. The van der Waals surface area contributed by atoms with Crippen molar-refractivity contribution >= 4 is 55.8 Å². The van der Waals surface area contributed by atoms with Crippen LogP contribution in [0.5, 0.6) is 0 Å². The van der Waals surface area contributed by atoms with Crippen LogP contribution in [-0.2, 0) is 0 Å². The first-order valence-electron chi connectivity index (χ1n) is 18.7. The normalized spacial score (nSPS) is 12.4. The summed E-state index contributed by atoms with van der Waals surface area (Å²) < 4.78 is 4.65. The molecule has 3 heterocycles. The highest BCUT2D eigenvalue weighted by atomic mass is 15.0. The quantitative estimate of drug-likeness (QED) is 0.179. The van der Waals surface area contributed by atoms with Gasteiger partial charge in [0.05, 0.1) is 44.7 Å². The van der Waals surface area contributed by atoms with Crippen molar-refractivity contribution in [2.75, 3.05) is 0 Å². The Morgan fingerprint density at radius 1 is 0.473 bits per heavy atom. The molecule has 7 aromatic carbocycles. The van der Waals surface area contributed by atoms with Gasteiger partial charge in [-0.1, -0.05) is 127 Å². The van der Waals surface area contributed by atoms with Crippen LogP contribution in [0.4, 0.5) is 0 Å². The molecule has 0 aliphatic heterocycles. The number of fused-ring (bicyclic) bond motifs is 7. The molecule has 11 rings (SSSR count). The average Bonchev–Trinajstić information content (AvgIpc) is 3.63. The maximum Gasteiger partial charge on any atom is 0.160 e. The summed E-state index contributed by atoms with van der Waals surface area (Å²) in [6, 6.07) is 62.7. The summed E-state index contributed by atoms with van der Waals surface area (Å²) in [5.41, 5.74) is 13.7.